The van der Waals surface area contributed by atoms with Crippen molar-refractivity contribution in [1.82, 2.24) is 4.98 Å². The molecule has 2 aromatic rings. The number of hydrogen-bond donors (Lipinski definition) is 1. The van der Waals surface area contributed by atoms with E-state index in [0.717, 1.165) is 17.1 Å². The molecule has 0 radical (unpaired) electrons. The molecular weight excluding hydrogens is 322 g/mol. The smallest absolute Gasteiger partial charge is 0.224 e. The van der Waals surface area contributed by atoms with Gasteiger partial charge in [-0.1, -0.05) is 37.8 Å². The Balaban J connectivity index is 1.73. The van der Waals surface area contributed by atoms with Gasteiger partial charge in [0, 0.05) is 30.8 Å². The predicted octanol–water partition coefficient (Wildman–Crippen LogP) is 4.66. The molecule has 1 saturated carbocycles. The molecule has 1 aromatic heterocycles. The fourth-order valence-corrected chi connectivity index (χ4v) is 4.28. The molecule has 2 heterocycles. The maximum atomic E-state index is 12.5. The Kier molecular flexibility index (Phi) is 4.27. The maximum Gasteiger partial charge on any atom is 0.224 e. The molecule has 134 valence electrons. The zero-order valence-electron chi connectivity index (χ0n) is 15.4. The molecule has 2 aliphatic rings. The average molecular weight is 347 g/mol. The summed E-state index contributed by atoms with van der Waals surface area (Å²) >= 11 is 0. The lowest BCUT2D eigenvalue weighted by atomic mass is 9.80. The lowest BCUT2D eigenvalue weighted by Crippen LogP contribution is -2.51. The maximum absolute atomic E-state index is 12.5. The van der Waals surface area contributed by atoms with Gasteiger partial charge in [-0.15, -0.1) is 0 Å². The summed E-state index contributed by atoms with van der Waals surface area (Å²) in [7, 11) is 0. The van der Waals surface area contributed by atoms with Crippen LogP contribution in [0.2, 0.25) is 0 Å². The number of benzene rings is 1. The summed E-state index contributed by atoms with van der Waals surface area (Å²) in [5.74, 6) is 1.89. The van der Waals surface area contributed by atoms with Crippen LogP contribution in [0.4, 0.5) is 11.5 Å². The largest absolute Gasteiger partial charge is 0.363 e. The highest BCUT2D eigenvalue weighted by Gasteiger charge is 2.47. The highest BCUT2D eigenvalue weighted by Crippen LogP contribution is 2.49. The van der Waals surface area contributed by atoms with Crippen LogP contribution in [0.25, 0.3) is 6.08 Å². The van der Waals surface area contributed by atoms with Crippen molar-refractivity contribution in [2.24, 2.45) is 11.8 Å². The Morgan fingerprint density at radius 3 is 2.65 bits per heavy atom. The number of carbonyl (C=O) groups is 1. The van der Waals surface area contributed by atoms with Gasteiger partial charge >= 0.3 is 0 Å². The van der Waals surface area contributed by atoms with Gasteiger partial charge in [0.1, 0.15) is 5.82 Å². The standard InChI is InChI=1S/C22H25N3O/c1-4-16-9-12-20(23-13-16)24-21-14(2)22(17-10-11-17)25(15(3)26)19-8-6-5-7-18(19)21/h4-9,12-14,17,21-22H,1,10-11H2,2-3H3,(H,23,24)/t14-,21-,22-/m1/s1. The summed E-state index contributed by atoms with van der Waals surface area (Å²) in [6, 6.07) is 12.6. The number of fused-ring (bicyclic) bond motifs is 1. The highest BCUT2D eigenvalue weighted by molar-refractivity contribution is 5.94. The first-order valence-electron chi connectivity index (χ1n) is 9.34. The summed E-state index contributed by atoms with van der Waals surface area (Å²) in [6.45, 7) is 7.72. The molecule has 0 spiro atoms. The van der Waals surface area contributed by atoms with Gasteiger partial charge in [-0.3, -0.25) is 4.79 Å². The van der Waals surface area contributed by atoms with E-state index in [1.54, 1.807) is 13.0 Å². The molecule has 1 aliphatic heterocycles. The van der Waals surface area contributed by atoms with Gasteiger partial charge in [-0.05, 0) is 48.1 Å². The highest BCUT2D eigenvalue weighted by atomic mass is 16.2. The monoisotopic (exact) mass is 347 g/mol. The van der Waals surface area contributed by atoms with Gasteiger partial charge in [0.25, 0.3) is 0 Å². The lowest BCUT2D eigenvalue weighted by molar-refractivity contribution is -0.117. The Morgan fingerprint density at radius 2 is 2.04 bits per heavy atom. The van der Waals surface area contributed by atoms with Crippen LogP contribution in [0, 0.1) is 11.8 Å². The molecule has 0 saturated heterocycles. The van der Waals surface area contributed by atoms with E-state index in [2.05, 4.69) is 35.9 Å². The van der Waals surface area contributed by atoms with Gasteiger partial charge < -0.3 is 10.2 Å². The van der Waals surface area contributed by atoms with Gasteiger partial charge in [0.2, 0.25) is 5.91 Å². The molecule has 4 nitrogen and oxygen atoms in total. The van der Waals surface area contributed by atoms with Crippen molar-refractivity contribution in [3.8, 4) is 0 Å². The van der Waals surface area contributed by atoms with Gasteiger partial charge in [-0.2, -0.15) is 0 Å². The number of nitrogens with zero attached hydrogens (tertiary/aromatic N) is 2. The van der Waals surface area contributed by atoms with Crippen molar-refractivity contribution in [3.05, 3.63) is 60.3 Å². The van der Waals surface area contributed by atoms with Gasteiger partial charge in [0.15, 0.2) is 0 Å². The number of nitrogens with one attached hydrogen (secondary N) is 1. The van der Waals surface area contributed by atoms with Crippen LogP contribution in [0.3, 0.4) is 0 Å². The molecule has 26 heavy (non-hydrogen) atoms. The number of hydrogen-bond acceptors (Lipinski definition) is 3. The second kappa shape index (κ2) is 6.60. The van der Waals surface area contributed by atoms with Crippen LogP contribution in [-0.4, -0.2) is 16.9 Å². The number of aromatic nitrogens is 1. The number of rotatable bonds is 4. The fraction of sp³-hybridized carbons (Fsp3) is 0.364. The summed E-state index contributed by atoms with van der Waals surface area (Å²) in [5.41, 5.74) is 3.21. The Morgan fingerprint density at radius 1 is 1.27 bits per heavy atom. The topological polar surface area (TPSA) is 45.2 Å². The second-order valence-corrected chi connectivity index (χ2v) is 7.44. The molecular formula is C22H25N3O. The van der Waals surface area contributed by atoms with Crippen molar-refractivity contribution >= 4 is 23.5 Å². The van der Waals surface area contributed by atoms with Crippen LogP contribution < -0.4 is 10.2 Å². The minimum absolute atomic E-state index is 0.133. The summed E-state index contributed by atoms with van der Waals surface area (Å²) in [6.07, 6.45) is 6.04. The Labute approximate surface area is 154 Å². The molecule has 1 amide bonds. The number of pyridine rings is 1. The zero-order valence-corrected chi connectivity index (χ0v) is 15.4. The quantitative estimate of drug-likeness (QED) is 0.875. The first-order chi connectivity index (χ1) is 12.6. The molecule has 0 unspecified atom stereocenters. The molecule has 0 bridgehead atoms. The third kappa shape index (κ3) is 2.90. The van der Waals surface area contributed by atoms with Crippen LogP contribution in [0.5, 0.6) is 0 Å². The van der Waals surface area contributed by atoms with E-state index in [0.29, 0.717) is 11.8 Å². The number of amides is 1. The fourth-order valence-electron chi connectivity index (χ4n) is 4.28. The molecule has 4 rings (SSSR count). The molecule has 1 fully saturated rings. The summed E-state index contributed by atoms with van der Waals surface area (Å²) in [5, 5.41) is 3.63. The van der Waals surface area contributed by atoms with E-state index in [4.69, 9.17) is 0 Å². The van der Waals surface area contributed by atoms with Crippen molar-refractivity contribution in [2.45, 2.75) is 38.8 Å². The van der Waals surface area contributed by atoms with E-state index >= 15 is 0 Å². The predicted molar refractivity (Wildman–Crippen MR) is 106 cm³/mol. The number of para-hydroxylation sites is 1. The Bertz CT molecular complexity index is 826. The van der Waals surface area contributed by atoms with E-state index in [9.17, 15) is 4.79 Å². The zero-order chi connectivity index (χ0) is 18.3. The van der Waals surface area contributed by atoms with Crippen LogP contribution >= 0.6 is 0 Å². The third-order valence-electron chi connectivity index (χ3n) is 5.66. The van der Waals surface area contributed by atoms with Crippen LogP contribution in [0.15, 0.2) is 49.2 Å². The van der Waals surface area contributed by atoms with Crippen LogP contribution in [0.1, 0.15) is 43.9 Å². The SMILES string of the molecule is C=Cc1ccc(N[C@H]2c3ccccc3N(C(C)=O)[C@@H](C3CC3)[C@@H]2C)nc1. The Hall–Kier alpha value is -2.62. The van der Waals surface area contributed by atoms with Crippen LogP contribution in [-0.2, 0) is 4.79 Å². The lowest BCUT2D eigenvalue weighted by Gasteiger charge is -2.45. The normalized spacial score (nSPS) is 24.7. The van der Waals surface area contributed by atoms with Crippen molar-refractivity contribution in [2.75, 3.05) is 10.2 Å². The van der Waals surface area contributed by atoms with E-state index in [1.807, 2.05) is 35.4 Å². The minimum Gasteiger partial charge on any atom is -0.363 e. The minimum atomic E-state index is 0.133. The average Bonchev–Trinajstić information content (AvgIpc) is 3.48. The molecule has 3 atom stereocenters. The van der Waals surface area contributed by atoms with E-state index < -0.39 is 0 Å². The van der Waals surface area contributed by atoms with Crippen molar-refractivity contribution in [1.29, 1.82) is 0 Å². The first-order valence-corrected chi connectivity index (χ1v) is 9.34. The molecule has 1 aliphatic carbocycles. The summed E-state index contributed by atoms with van der Waals surface area (Å²) < 4.78 is 0. The molecule has 4 heteroatoms. The molecule has 1 N–H and O–H groups in total. The number of anilines is 2. The van der Waals surface area contributed by atoms with E-state index in [-0.39, 0.29) is 18.0 Å². The van der Waals surface area contributed by atoms with Crippen molar-refractivity contribution < 1.29 is 4.79 Å². The van der Waals surface area contributed by atoms with Gasteiger partial charge in [0.05, 0.1) is 6.04 Å². The first kappa shape index (κ1) is 16.8. The second-order valence-electron chi connectivity index (χ2n) is 7.44. The van der Waals surface area contributed by atoms with Crippen molar-refractivity contribution in [3.63, 3.8) is 0 Å². The third-order valence-corrected chi connectivity index (χ3v) is 5.66. The molecule has 1 aromatic carbocycles. The van der Waals surface area contributed by atoms with E-state index in [1.165, 1.54) is 18.4 Å². The summed E-state index contributed by atoms with van der Waals surface area (Å²) in [4.78, 5) is 19.0. The van der Waals surface area contributed by atoms with Gasteiger partial charge in [-0.25, -0.2) is 4.98 Å². The number of carbonyl (C=O) groups excluding carboxylic acids is 1.